The number of aryl methyl sites for hydroxylation is 2. The van der Waals surface area contributed by atoms with Crippen molar-refractivity contribution in [2.45, 2.75) is 33.2 Å². The van der Waals surface area contributed by atoms with E-state index in [-0.39, 0.29) is 17.9 Å². The van der Waals surface area contributed by atoms with Gasteiger partial charge in [0.2, 0.25) is 11.8 Å². The molecular weight excluding hydrogens is 316 g/mol. The van der Waals surface area contributed by atoms with Crippen LogP contribution in [0.3, 0.4) is 0 Å². The van der Waals surface area contributed by atoms with E-state index in [0.29, 0.717) is 18.7 Å². The van der Waals surface area contributed by atoms with Gasteiger partial charge in [0.25, 0.3) is 0 Å². The van der Waals surface area contributed by atoms with Gasteiger partial charge in [0.15, 0.2) is 0 Å². The Morgan fingerprint density at radius 2 is 1.96 bits per heavy atom. The lowest BCUT2D eigenvalue weighted by molar-refractivity contribution is -0.120. The molecule has 6 nitrogen and oxygen atoms in total. The summed E-state index contributed by atoms with van der Waals surface area (Å²) in [4.78, 5) is 23.4. The van der Waals surface area contributed by atoms with Gasteiger partial charge in [-0.2, -0.15) is 5.10 Å². The van der Waals surface area contributed by atoms with E-state index in [1.165, 1.54) is 6.08 Å². The zero-order valence-corrected chi connectivity index (χ0v) is 14.9. The van der Waals surface area contributed by atoms with Gasteiger partial charge in [0.1, 0.15) is 0 Å². The topological polar surface area (TPSA) is 76.0 Å². The zero-order chi connectivity index (χ0) is 18.4. The third-order valence-corrected chi connectivity index (χ3v) is 3.83. The van der Waals surface area contributed by atoms with E-state index in [2.05, 4.69) is 22.3 Å². The van der Waals surface area contributed by atoms with Gasteiger partial charge in [0, 0.05) is 17.9 Å². The molecule has 0 bridgehead atoms. The molecule has 25 heavy (non-hydrogen) atoms. The van der Waals surface area contributed by atoms with Crippen LogP contribution in [0.4, 0.5) is 5.69 Å². The molecule has 1 unspecified atom stereocenters. The molecule has 2 N–H and O–H groups in total. The maximum Gasteiger partial charge on any atom is 0.247 e. The smallest absolute Gasteiger partial charge is 0.247 e. The van der Waals surface area contributed by atoms with Gasteiger partial charge in [-0.15, -0.1) is 0 Å². The van der Waals surface area contributed by atoms with Crippen molar-refractivity contribution in [3.05, 3.63) is 59.9 Å². The molecule has 132 valence electrons. The molecule has 2 amide bonds. The number of benzene rings is 1. The van der Waals surface area contributed by atoms with Crippen molar-refractivity contribution in [3.8, 4) is 0 Å². The quantitative estimate of drug-likeness (QED) is 0.761. The van der Waals surface area contributed by atoms with Crippen LogP contribution in [0.25, 0.3) is 0 Å². The van der Waals surface area contributed by atoms with Gasteiger partial charge in [-0.3, -0.25) is 14.3 Å². The SMILES string of the molecule is C=CC(=O)Nc1ccc(CC(=O)NCC(C)n2nc(C)cc2C)cc1. The highest BCUT2D eigenvalue weighted by Gasteiger charge is 2.11. The summed E-state index contributed by atoms with van der Waals surface area (Å²) in [5, 5.41) is 10.0. The average molecular weight is 340 g/mol. The third-order valence-electron chi connectivity index (χ3n) is 3.83. The third kappa shape index (κ3) is 5.31. The summed E-state index contributed by atoms with van der Waals surface area (Å²) in [5.74, 6) is -0.306. The number of aromatic nitrogens is 2. The van der Waals surface area contributed by atoms with Crippen molar-refractivity contribution in [1.82, 2.24) is 15.1 Å². The second kappa shape index (κ2) is 8.28. The fourth-order valence-electron chi connectivity index (χ4n) is 2.59. The van der Waals surface area contributed by atoms with E-state index in [9.17, 15) is 9.59 Å². The van der Waals surface area contributed by atoms with E-state index in [1.54, 1.807) is 12.1 Å². The Labute approximate surface area is 147 Å². The molecule has 0 fully saturated rings. The van der Waals surface area contributed by atoms with E-state index in [0.717, 1.165) is 17.0 Å². The van der Waals surface area contributed by atoms with Crippen molar-refractivity contribution in [1.29, 1.82) is 0 Å². The molecule has 1 aromatic heterocycles. The monoisotopic (exact) mass is 340 g/mol. The lowest BCUT2D eigenvalue weighted by atomic mass is 10.1. The van der Waals surface area contributed by atoms with Crippen molar-refractivity contribution in [2.24, 2.45) is 0 Å². The maximum absolute atomic E-state index is 12.1. The summed E-state index contributed by atoms with van der Waals surface area (Å²) < 4.78 is 1.92. The summed E-state index contributed by atoms with van der Waals surface area (Å²) in [6.07, 6.45) is 1.50. The van der Waals surface area contributed by atoms with Crippen LogP contribution in [-0.4, -0.2) is 28.1 Å². The molecule has 0 aliphatic rings. The second-order valence-corrected chi connectivity index (χ2v) is 6.09. The van der Waals surface area contributed by atoms with Gasteiger partial charge in [0.05, 0.1) is 18.2 Å². The number of hydrogen-bond donors (Lipinski definition) is 2. The highest BCUT2D eigenvalue weighted by molar-refractivity contribution is 5.98. The Balaban J connectivity index is 1.84. The van der Waals surface area contributed by atoms with Crippen LogP contribution in [0.5, 0.6) is 0 Å². The van der Waals surface area contributed by atoms with Crippen LogP contribution >= 0.6 is 0 Å². The Bertz CT molecular complexity index is 762. The molecule has 0 aliphatic heterocycles. The van der Waals surface area contributed by atoms with Crippen LogP contribution in [0.1, 0.15) is 29.9 Å². The predicted molar refractivity (Wildman–Crippen MR) is 98.4 cm³/mol. The van der Waals surface area contributed by atoms with E-state index in [4.69, 9.17) is 0 Å². The predicted octanol–water partition coefficient (Wildman–Crippen LogP) is 2.54. The second-order valence-electron chi connectivity index (χ2n) is 6.09. The molecule has 2 aromatic rings. The summed E-state index contributed by atoms with van der Waals surface area (Å²) in [7, 11) is 0. The molecular formula is C19H24N4O2. The molecule has 6 heteroatoms. The Morgan fingerprint density at radius 3 is 2.52 bits per heavy atom. The summed E-state index contributed by atoms with van der Waals surface area (Å²) >= 11 is 0. The minimum Gasteiger partial charge on any atom is -0.354 e. The van der Waals surface area contributed by atoms with Gasteiger partial charge in [-0.05, 0) is 50.6 Å². The van der Waals surface area contributed by atoms with Crippen LogP contribution in [-0.2, 0) is 16.0 Å². The van der Waals surface area contributed by atoms with Gasteiger partial charge in [-0.25, -0.2) is 0 Å². The van der Waals surface area contributed by atoms with Crippen LogP contribution < -0.4 is 10.6 Å². The number of anilines is 1. The molecule has 0 saturated carbocycles. The van der Waals surface area contributed by atoms with E-state index < -0.39 is 0 Å². The first-order chi connectivity index (χ1) is 11.9. The van der Waals surface area contributed by atoms with Crippen LogP contribution in [0.15, 0.2) is 43.0 Å². The molecule has 1 heterocycles. The number of amides is 2. The molecule has 1 aromatic carbocycles. The number of carbonyl (C=O) groups is 2. The number of nitrogens with zero attached hydrogens (tertiary/aromatic N) is 2. The van der Waals surface area contributed by atoms with Crippen LogP contribution in [0, 0.1) is 13.8 Å². The first-order valence-electron chi connectivity index (χ1n) is 8.21. The van der Waals surface area contributed by atoms with Crippen molar-refractivity contribution >= 4 is 17.5 Å². The van der Waals surface area contributed by atoms with E-state index >= 15 is 0 Å². The summed E-state index contributed by atoms with van der Waals surface area (Å²) in [5.41, 5.74) is 3.61. The Hall–Kier alpha value is -2.89. The number of rotatable bonds is 7. The van der Waals surface area contributed by atoms with Gasteiger partial charge < -0.3 is 10.6 Å². The maximum atomic E-state index is 12.1. The average Bonchev–Trinajstić information content (AvgIpc) is 2.92. The van der Waals surface area contributed by atoms with E-state index in [1.807, 2.05) is 43.7 Å². The largest absolute Gasteiger partial charge is 0.354 e. The highest BCUT2D eigenvalue weighted by Crippen LogP contribution is 2.11. The molecule has 0 saturated heterocycles. The summed E-state index contributed by atoms with van der Waals surface area (Å²) in [6.45, 7) is 9.91. The molecule has 0 aliphatic carbocycles. The minimum absolute atomic E-state index is 0.0451. The lowest BCUT2D eigenvalue weighted by Crippen LogP contribution is -2.31. The van der Waals surface area contributed by atoms with Crippen molar-refractivity contribution < 1.29 is 9.59 Å². The molecule has 0 spiro atoms. The standard InChI is InChI=1S/C19H24N4O2/c1-5-18(24)21-17-8-6-16(7-9-17)11-19(25)20-12-15(4)23-14(3)10-13(2)22-23/h5-10,15H,1,11-12H2,2-4H3,(H,20,25)(H,21,24). The van der Waals surface area contributed by atoms with Gasteiger partial charge in [-0.1, -0.05) is 18.7 Å². The Morgan fingerprint density at radius 1 is 1.28 bits per heavy atom. The first-order valence-corrected chi connectivity index (χ1v) is 8.21. The molecule has 2 rings (SSSR count). The van der Waals surface area contributed by atoms with Crippen LogP contribution in [0.2, 0.25) is 0 Å². The number of carbonyl (C=O) groups excluding carboxylic acids is 2. The Kier molecular flexibility index (Phi) is 6.11. The van der Waals surface area contributed by atoms with Crippen molar-refractivity contribution in [3.63, 3.8) is 0 Å². The minimum atomic E-state index is -0.261. The van der Waals surface area contributed by atoms with Crippen molar-refractivity contribution in [2.75, 3.05) is 11.9 Å². The van der Waals surface area contributed by atoms with Gasteiger partial charge >= 0.3 is 0 Å². The first kappa shape index (κ1) is 18.4. The summed E-state index contributed by atoms with van der Waals surface area (Å²) in [6, 6.07) is 9.29. The zero-order valence-electron chi connectivity index (χ0n) is 14.9. The highest BCUT2D eigenvalue weighted by atomic mass is 16.2. The lowest BCUT2D eigenvalue weighted by Gasteiger charge is -2.15. The molecule has 0 radical (unpaired) electrons. The fourth-order valence-corrected chi connectivity index (χ4v) is 2.59. The fraction of sp³-hybridized carbons (Fsp3) is 0.316. The molecule has 1 atom stereocenters. The number of nitrogens with one attached hydrogen (secondary N) is 2. The number of hydrogen-bond acceptors (Lipinski definition) is 3. The normalized spacial score (nSPS) is 11.6.